The lowest BCUT2D eigenvalue weighted by Gasteiger charge is -2.30. The summed E-state index contributed by atoms with van der Waals surface area (Å²) in [5, 5.41) is 37.2. The summed E-state index contributed by atoms with van der Waals surface area (Å²) in [6, 6.07) is 7.46. The van der Waals surface area contributed by atoms with Crippen LogP contribution in [0, 0.1) is 5.41 Å². The number of aromatic amines is 1. The van der Waals surface area contributed by atoms with E-state index in [2.05, 4.69) is 39.4 Å². The van der Waals surface area contributed by atoms with Crippen molar-refractivity contribution in [2.24, 2.45) is 5.41 Å². The van der Waals surface area contributed by atoms with Crippen molar-refractivity contribution in [1.29, 1.82) is 0 Å². The maximum atomic E-state index is 12.7. The number of anilines is 1. The summed E-state index contributed by atoms with van der Waals surface area (Å²) in [5.41, 5.74) is 5.88. The van der Waals surface area contributed by atoms with Gasteiger partial charge in [-0.15, -0.1) is 0 Å². The van der Waals surface area contributed by atoms with Gasteiger partial charge in [-0.25, -0.2) is 28.6 Å². The molecule has 0 aliphatic carbocycles. The molecule has 4 heterocycles. The third kappa shape index (κ3) is 13.2. The molecule has 1 saturated heterocycles. The van der Waals surface area contributed by atoms with E-state index in [9.17, 15) is 63.0 Å². The van der Waals surface area contributed by atoms with E-state index in [0.29, 0.717) is 0 Å². The van der Waals surface area contributed by atoms with Crippen LogP contribution in [0.2, 0.25) is 0 Å². The van der Waals surface area contributed by atoms with Crippen molar-refractivity contribution in [2.45, 2.75) is 63.4 Å². The van der Waals surface area contributed by atoms with Gasteiger partial charge in [0.2, 0.25) is 16.9 Å². The van der Waals surface area contributed by atoms with Gasteiger partial charge in [0.25, 0.3) is 0 Å². The standard InChI is InChI=1S/C32H45N8O18P3S/c1-32(2,26(44)29(45)35-8-7-22(42)34-9-10-62-31(46)20(41)11-17-12-36-19-6-4-3-5-18(17)19)14-55-61(52,53)58-60(50,51)54-13-21-25(57-59(47,48)49)24(43)30(56-21)40-16-39-23-27(33)37-15-38-28(23)40/h3-6,12,15-16,20-21,24-26,30,36,41,43-44H,7-11,13-14H2,1-2H3,(H,34,42)(H,35,45)(H,50,51)(H,52,53)(H2,33,37,38)(H2,47,48,49)/t20-,21-,24-,25-,26+,30-/m1/s1. The number of phosphoric ester groups is 3. The molecule has 4 aromatic rings. The van der Waals surface area contributed by atoms with E-state index in [-0.39, 0.29) is 48.7 Å². The van der Waals surface area contributed by atoms with Crippen molar-refractivity contribution >= 4 is 80.0 Å². The summed E-state index contributed by atoms with van der Waals surface area (Å²) >= 11 is 0.845. The average molecular weight is 955 g/mol. The summed E-state index contributed by atoms with van der Waals surface area (Å²) < 4.78 is 62.3. The van der Waals surface area contributed by atoms with Crippen LogP contribution >= 0.6 is 35.2 Å². The van der Waals surface area contributed by atoms with Gasteiger partial charge in [0.1, 0.15) is 42.4 Å². The zero-order chi connectivity index (χ0) is 45.6. The number of aliphatic hydroxyl groups excluding tert-OH is 3. The van der Waals surface area contributed by atoms with Gasteiger partial charge < -0.3 is 61.0 Å². The minimum atomic E-state index is -5.59. The second-order valence-corrected chi connectivity index (χ2v) is 19.7. The molecule has 1 fully saturated rings. The highest BCUT2D eigenvalue weighted by Gasteiger charge is 2.50. The number of aliphatic hydroxyl groups is 3. The van der Waals surface area contributed by atoms with Crippen molar-refractivity contribution in [3.8, 4) is 0 Å². The van der Waals surface area contributed by atoms with E-state index < -0.39 is 95.8 Å². The van der Waals surface area contributed by atoms with E-state index in [1.165, 1.54) is 13.8 Å². The molecule has 342 valence electrons. The lowest BCUT2D eigenvalue weighted by molar-refractivity contribution is -0.137. The number of imidazole rings is 1. The number of amides is 2. The molecule has 0 saturated carbocycles. The second kappa shape index (κ2) is 20.4. The third-order valence-corrected chi connectivity index (χ3v) is 13.2. The Hall–Kier alpha value is -3.72. The Labute approximate surface area is 355 Å². The first-order valence-electron chi connectivity index (χ1n) is 18.3. The van der Waals surface area contributed by atoms with Gasteiger partial charge in [0.05, 0.1) is 19.5 Å². The molecule has 5 rings (SSSR count). The number of para-hydroxylation sites is 1. The van der Waals surface area contributed by atoms with Crippen LogP contribution in [0.1, 0.15) is 32.1 Å². The Bertz CT molecular complexity index is 2380. The van der Waals surface area contributed by atoms with Gasteiger partial charge in [-0.2, -0.15) is 4.31 Å². The molecule has 3 aromatic heterocycles. The normalized spacial score (nSPS) is 21.3. The largest absolute Gasteiger partial charge is 0.481 e. The number of thioether (sulfide) groups is 1. The van der Waals surface area contributed by atoms with E-state index in [4.69, 9.17) is 19.5 Å². The second-order valence-electron chi connectivity index (χ2n) is 14.3. The molecule has 8 atom stereocenters. The number of hydrogen-bond acceptors (Lipinski definition) is 19. The predicted octanol–water partition coefficient (Wildman–Crippen LogP) is -0.250. The zero-order valence-corrected chi connectivity index (χ0v) is 36.2. The number of nitrogen functional groups attached to an aromatic ring is 1. The SMILES string of the molecule is CC(C)(COP(=O)(O)OP(=O)(O)OC[C@H]1O[C@@H](n2cnc3c(N)ncnc32)[C@H](O)[C@@H]1OP(=O)(O)O)[C@@H](O)C(=O)NCCC(=O)NCCSC(=O)[C@H](O)Cc1c[nH]c2ccccc12. The van der Waals surface area contributed by atoms with Crippen LogP contribution in [0.4, 0.5) is 5.82 Å². The van der Waals surface area contributed by atoms with Crippen molar-refractivity contribution < 1.29 is 85.6 Å². The fourth-order valence-corrected chi connectivity index (χ4v) is 9.48. The van der Waals surface area contributed by atoms with Gasteiger partial charge in [-0.05, 0) is 11.6 Å². The van der Waals surface area contributed by atoms with E-state index in [1.807, 2.05) is 24.3 Å². The lowest BCUT2D eigenvalue weighted by atomic mass is 9.87. The number of rotatable bonds is 22. The lowest BCUT2D eigenvalue weighted by Crippen LogP contribution is -2.46. The zero-order valence-electron chi connectivity index (χ0n) is 32.7. The van der Waals surface area contributed by atoms with E-state index in [1.54, 1.807) is 6.20 Å². The first-order valence-corrected chi connectivity index (χ1v) is 23.8. The molecule has 30 heteroatoms. The summed E-state index contributed by atoms with van der Waals surface area (Å²) in [6.07, 6.45) is -6.49. The van der Waals surface area contributed by atoms with Crippen molar-refractivity contribution in [1.82, 2.24) is 35.1 Å². The highest BCUT2D eigenvalue weighted by Crippen LogP contribution is 2.61. The molecule has 0 spiro atoms. The summed E-state index contributed by atoms with van der Waals surface area (Å²) in [7, 11) is -16.5. The predicted molar refractivity (Wildman–Crippen MR) is 215 cm³/mol. The molecule has 26 nitrogen and oxygen atoms in total. The minimum absolute atomic E-state index is 0.0230. The number of nitrogens with one attached hydrogen (secondary N) is 3. The minimum Gasteiger partial charge on any atom is -0.386 e. The van der Waals surface area contributed by atoms with Crippen LogP contribution in [0.15, 0.2) is 43.1 Å². The van der Waals surface area contributed by atoms with Gasteiger partial charge in [0, 0.05) is 54.2 Å². The first-order chi connectivity index (χ1) is 29.0. The van der Waals surface area contributed by atoms with Gasteiger partial charge in [-0.1, -0.05) is 43.8 Å². The van der Waals surface area contributed by atoms with Gasteiger partial charge in [0.15, 0.2) is 17.7 Å². The molecule has 1 aliphatic heterocycles. The number of hydrogen-bond donors (Lipinski definition) is 11. The maximum absolute atomic E-state index is 12.7. The first kappa shape index (κ1) is 49.3. The molecule has 0 radical (unpaired) electrons. The monoisotopic (exact) mass is 954 g/mol. The molecule has 62 heavy (non-hydrogen) atoms. The van der Waals surface area contributed by atoms with Crippen LogP contribution in [0.3, 0.4) is 0 Å². The highest BCUT2D eigenvalue weighted by molar-refractivity contribution is 8.13. The van der Waals surface area contributed by atoms with Crippen LogP contribution in [-0.2, 0) is 57.1 Å². The number of nitrogens with two attached hydrogens (primary N) is 1. The Morgan fingerprint density at radius 3 is 2.47 bits per heavy atom. The van der Waals surface area contributed by atoms with E-state index in [0.717, 1.165) is 45.5 Å². The summed E-state index contributed by atoms with van der Waals surface area (Å²) in [6.45, 7) is 0.247. The van der Waals surface area contributed by atoms with E-state index >= 15 is 0 Å². The summed E-state index contributed by atoms with van der Waals surface area (Å²) in [4.78, 5) is 91.5. The summed E-state index contributed by atoms with van der Waals surface area (Å²) in [5.74, 6) is -1.40. The number of benzene rings is 1. The number of carbonyl (C=O) groups is 3. The fraction of sp³-hybridized carbons (Fsp3) is 0.500. The number of phosphoric acid groups is 3. The van der Waals surface area contributed by atoms with Crippen molar-refractivity contribution in [3.63, 3.8) is 0 Å². The van der Waals surface area contributed by atoms with Crippen LogP contribution in [0.5, 0.6) is 0 Å². The molecular weight excluding hydrogens is 909 g/mol. The third-order valence-electron chi connectivity index (χ3n) is 9.11. The molecular formula is C32H45N8O18P3S. The number of H-pyrrole nitrogens is 1. The maximum Gasteiger partial charge on any atom is 0.481 e. The highest BCUT2D eigenvalue weighted by atomic mass is 32.2. The van der Waals surface area contributed by atoms with Gasteiger partial charge >= 0.3 is 23.5 Å². The van der Waals surface area contributed by atoms with Crippen LogP contribution in [-0.4, -0.2) is 139 Å². The number of nitrogens with zero attached hydrogens (tertiary/aromatic N) is 4. The van der Waals surface area contributed by atoms with Crippen LogP contribution < -0.4 is 16.4 Å². The number of carbonyl (C=O) groups excluding carboxylic acids is 3. The Kier molecular flexibility index (Phi) is 16.2. The molecule has 0 bridgehead atoms. The molecule has 1 aliphatic rings. The number of aromatic nitrogens is 5. The Morgan fingerprint density at radius 2 is 1.74 bits per heavy atom. The average Bonchev–Trinajstić information content (AvgIpc) is 3.89. The fourth-order valence-electron chi connectivity index (χ4n) is 5.97. The van der Waals surface area contributed by atoms with Crippen molar-refractivity contribution in [3.05, 3.63) is 48.7 Å². The quantitative estimate of drug-likeness (QED) is 0.0357. The molecule has 12 N–H and O–H groups in total. The topological polar surface area (TPSA) is 400 Å². The number of fused-ring (bicyclic) bond motifs is 2. The number of ether oxygens (including phenoxy) is 1. The Morgan fingerprint density at radius 1 is 1.03 bits per heavy atom. The molecule has 1 aromatic carbocycles. The Balaban J connectivity index is 1.02. The molecule has 2 amide bonds. The van der Waals surface area contributed by atoms with Crippen molar-refractivity contribution in [2.75, 3.05) is 37.8 Å². The molecule has 2 unspecified atom stereocenters. The van der Waals surface area contributed by atoms with Gasteiger partial charge in [-0.3, -0.25) is 32.5 Å². The van der Waals surface area contributed by atoms with Crippen LogP contribution in [0.25, 0.3) is 22.1 Å². The smallest absolute Gasteiger partial charge is 0.386 e.